The maximum atomic E-state index is 13.6. The van der Waals surface area contributed by atoms with Gasteiger partial charge in [-0.1, -0.05) is 32.6 Å². The molecule has 9 heteroatoms. The minimum Gasteiger partial charge on any atom is -0.487 e. The first-order valence-corrected chi connectivity index (χ1v) is 13.1. The van der Waals surface area contributed by atoms with Crippen molar-refractivity contribution in [2.75, 3.05) is 26.7 Å². The molecule has 3 rings (SSSR count). The number of carbonyl (C=O) groups excluding carboxylic acids is 1. The highest BCUT2D eigenvalue weighted by molar-refractivity contribution is 7.89. The van der Waals surface area contributed by atoms with Gasteiger partial charge in [0.05, 0.1) is 13.2 Å². The van der Waals surface area contributed by atoms with Gasteiger partial charge in [0, 0.05) is 55.0 Å². The van der Waals surface area contributed by atoms with Crippen molar-refractivity contribution in [3.05, 3.63) is 53.9 Å². The Kier molecular flexibility index (Phi) is 8.54. The number of hydrogen-bond donors (Lipinski definition) is 1. The minimum absolute atomic E-state index is 0.0212. The summed E-state index contributed by atoms with van der Waals surface area (Å²) in [5.41, 5.74) is 1.15. The molecular weight excluding hydrogens is 466 g/mol. The van der Waals surface area contributed by atoms with E-state index in [0.29, 0.717) is 11.1 Å². The number of hydrogen-bond acceptors (Lipinski definition) is 6. The number of fused-ring (bicyclic) bond motifs is 1. The standard InChI is InChI=1S/C26H33N3O5S/c1-18(2)6-7-21-8-9-25-23(14-21)34-24(16-28(5)26(31)22-10-12-27-13-11-22)19(3)15-29(20(4)17-30)35(25,32)33/h8-14,18-20,24,30H,15-17H2,1-5H3/t19-,20-,24+/m1/s1. The van der Waals surface area contributed by atoms with E-state index in [9.17, 15) is 18.3 Å². The zero-order valence-corrected chi connectivity index (χ0v) is 21.6. The van der Waals surface area contributed by atoms with Gasteiger partial charge in [-0.25, -0.2) is 8.42 Å². The van der Waals surface area contributed by atoms with Crippen molar-refractivity contribution in [2.24, 2.45) is 11.8 Å². The normalized spacial score (nSPS) is 20.4. The van der Waals surface area contributed by atoms with Crippen molar-refractivity contribution in [2.45, 2.75) is 44.7 Å². The summed E-state index contributed by atoms with van der Waals surface area (Å²) < 4.78 is 34.7. The fourth-order valence-electron chi connectivity index (χ4n) is 3.82. The molecule has 1 amide bonds. The number of sulfonamides is 1. The molecule has 0 radical (unpaired) electrons. The van der Waals surface area contributed by atoms with Crippen LogP contribution in [0.4, 0.5) is 0 Å². The highest BCUT2D eigenvalue weighted by Crippen LogP contribution is 2.34. The van der Waals surface area contributed by atoms with Crippen LogP contribution >= 0.6 is 0 Å². The van der Waals surface area contributed by atoms with Gasteiger partial charge >= 0.3 is 0 Å². The van der Waals surface area contributed by atoms with Crippen LogP contribution in [-0.4, -0.2) is 72.5 Å². The first kappa shape index (κ1) is 26.7. The third-order valence-corrected chi connectivity index (χ3v) is 7.92. The third kappa shape index (κ3) is 6.20. The molecule has 8 nitrogen and oxygen atoms in total. The van der Waals surface area contributed by atoms with E-state index in [2.05, 4.69) is 16.8 Å². The number of benzene rings is 1. The quantitative estimate of drug-likeness (QED) is 0.635. The van der Waals surface area contributed by atoms with Gasteiger partial charge in [-0.2, -0.15) is 4.31 Å². The lowest BCUT2D eigenvalue weighted by atomic mass is 10.0. The van der Waals surface area contributed by atoms with Crippen LogP contribution in [0.1, 0.15) is 43.6 Å². The molecule has 0 fully saturated rings. The van der Waals surface area contributed by atoms with Crippen LogP contribution in [0.15, 0.2) is 47.6 Å². The van der Waals surface area contributed by atoms with Crippen LogP contribution in [-0.2, 0) is 10.0 Å². The second-order valence-corrected chi connectivity index (χ2v) is 11.1. The Labute approximate surface area is 208 Å². The van der Waals surface area contributed by atoms with Gasteiger partial charge in [0.15, 0.2) is 0 Å². The molecule has 0 saturated heterocycles. The van der Waals surface area contributed by atoms with Crippen molar-refractivity contribution >= 4 is 15.9 Å². The molecule has 1 aliphatic heterocycles. The van der Waals surface area contributed by atoms with Crippen molar-refractivity contribution < 1.29 is 23.1 Å². The SMILES string of the molecule is CC(C)C#Cc1ccc2c(c1)O[C@@H](CN(C)C(=O)c1ccncc1)[C@H](C)CN([C@H](C)CO)S2(=O)=O. The Morgan fingerprint density at radius 2 is 1.94 bits per heavy atom. The van der Waals surface area contributed by atoms with E-state index in [1.54, 1.807) is 55.5 Å². The predicted molar refractivity (Wildman–Crippen MR) is 133 cm³/mol. The van der Waals surface area contributed by atoms with Crippen LogP contribution in [0.25, 0.3) is 0 Å². The summed E-state index contributed by atoms with van der Waals surface area (Å²) in [6, 6.07) is 7.48. The third-order valence-electron chi connectivity index (χ3n) is 5.90. The Bertz CT molecular complexity index is 1200. The van der Waals surface area contributed by atoms with E-state index in [4.69, 9.17) is 4.74 Å². The highest BCUT2D eigenvalue weighted by atomic mass is 32.2. The summed E-state index contributed by atoms with van der Waals surface area (Å²) in [6.07, 6.45) is 2.62. The zero-order valence-electron chi connectivity index (χ0n) is 20.8. The summed E-state index contributed by atoms with van der Waals surface area (Å²) >= 11 is 0. The molecule has 2 heterocycles. The Morgan fingerprint density at radius 1 is 1.26 bits per heavy atom. The average molecular weight is 500 g/mol. The maximum absolute atomic E-state index is 13.6. The van der Waals surface area contributed by atoms with E-state index in [1.807, 2.05) is 20.8 Å². The molecule has 0 saturated carbocycles. The van der Waals surface area contributed by atoms with Gasteiger partial charge in [-0.05, 0) is 37.3 Å². The Morgan fingerprint density at radius 3 is 2.57 bits per heavy atom. The molecule has 1 aromatic carbocycles. The molecule has 35 heavy (non-hydrogen) atoms. The van der Waals surface area contributed by atoms with E-state index < -0.39 is 22.2 Å². The van der Waals surface area contributed by atoms with Gasteiger partial charge in [-0.3, -0.25) is 9.78 Å². The number of nitrogens with zero attached hydrogens (tertiary/aromatic N) is 3. The average Bonchev–Trinajstić information content (AvgIpc) is 2.84. The van der Waals surface area contributed by atoms with Crippen LogP contribution < -0.4 is 4.74 Å². The van der Waals surface area contributed by atoms with E-state index in [-0.39, 0.29) is 48.1 Å². The van der Waals surface area contributed by atoms with E-state index in [1.165, 1.54) is 10.4 Å². The monoisotopic (exact) mass is 499 g/mol. The molecular formula is C26H33N3O5S. The van der Waals surface area contributed by atoms with E-state index in [0.717, 1.165) is 0 Å². The number of carbonyl (C=O) groups is 1. The summed E-state index contributed by atoms with van der Waals surface area (Å²) in [4.78, 5) is 18.5. The second kappa shape index (κ2) is 11.2. The molecule has 1 aromatic heterocycles. The second-order valence-electron chi connectivity index (χ2n) is 9.25. The van der Waals surface area contributed by atoms with Gasteiger partial charge in [0.25, 0.3) is 5.91 Å². The zero-order chi connectivity index (χ0) is 25.8. The highest BCUT2D eigenvalue weighted by Gasteiger charge is 2.38. The number of aliphatic hydroxyl groups excluding tert-OH is 1. The number of aromatic nitrogens is 1. The van der Waals surface area contributed by atoms with Gasteiger partial charge in [0.1, 0.15) is 16.7 Å². The first-order valence-electron chi connectivity index (χ1n) is 11.6. The number of aliphatic hydroxyl groups is 1. The molecule has 1 N–H and O–H groups in total. The summed E-state index contributed by atoms with van der Waals surface area (Å²) in [5, 5.41) is 9.78. The molecule has 188 valence electrons. The number of amides is 1. The van der Waals surface area contributed by atoms with Crippen LogP contribution in [0.3, 0.4) is 0 Å². The lowest BCUT2D eigenvalue weighted by Gasteiger charge is -2.37. The molecule has 0 unspecified atom stereocenters. The van der Waals surface area contributed by atoms with Gasteiger partial charge in [0.2, 0.25) is 10.0 Å². The predicted octanol–water partition coefficient (Wildman–Crippen LogP) is 2.63. The lowest BCUT2D eigenvalue weighted by molar-refractivity contribution is 0.0563. The number of pyridine rings is 1. The number of rotatable bonds is 5. The van der Waals surface area contributed by atoms with Gasteiger partial charge in [-0.15, -0.1) is 0 Å². The molecule has 2 aromatic rings. The molecule has 0 spiro atoms. The lowest BCUT2D eigenvalue weighted by Crippen LogP contribution is -2.50. The van der Waals surface area contributed by atoms with Crippen molar-refractivity contribution in [3.8, 4) is 17.6 Å². The molecule has 0 bridgehead atoms. The van der Waals surface area contributed by atoms with Crippen LogP contribution in [0.2, 0.25) is 0 Å². The summed E-state index contributed by atoms with van der Waals surface area (Å²) in [6.45, 7) is 7.57. The Hall–Kier alpha value is -2.93. The maximum Gasteiger partial charge on any atom is 0.253 e. The van der Waals surface area contributed by atoms with Gasteiger partial charge < -0.3 is 14.7 Å². The fourth-order valence-corrected chi connectivity index (χ4v) is 5.64. The first-order chi connectivity index (χ1) is 16.5. The van der Waals surface area contributed by atoms with Crippen molar-refractivity contribution in [3.63, 3.8) is 0 Å². The largest absolute Gasteiger partial charge is 0.487 e. The minimum atomic E-state index is -3.93. The van der Waals surface area contributed by atoms with Crippen molar-refractivity contribution in [1.82, 2.24) is 14.2 Å². The number of likely N-dealkylation sites (N-methyl/N-ethyl adjacent to an activating group) is 1. The fraction of sp³-hybridized carbons (Fsp3) is 0.462. The molecule has 3 atom stereocenters. The smallest absolute Gasteiger partial charge is 0.253 e. The topological polar surface area (TPSA) is 100 Å². The van der Waals surface area contributed by atoms with Crippen molar-refractivity contribution in [1.29, 1.82) is 0 Å². The molecule has 0 aliphatic carbocycles. The molecule has 1 aliphatic rings. The summed E-state index contributed by atoms with van der Waals surface area (Å²) in [7, 11) is -2.25. The van der Waals surface area contributed by atoms with Crippen LogP contribution in [0, 0.1) is 23.7 Å². The summed E-state index contributed by atoms with van der Waals surface area (Å²) in [5.74, 6) is 6.03. The van der Waals surface area contributed by atoms with E-state index >= 15 is 0 Å². The Balaban J connectivity index is 2.02. The van der Waals surface area contributed by atoms with Crippen LogP contribution in [0.5, 0.6) is 5.75 Å². The number of ether oxygens (including phenoxy) is 1.